The van der Waals surface area contributed by atoms with E-state index in [1.807, 2.05) is 0 Å². The molecule has 0 N–H and O–H groups in total. The van der Waals surface area contributed by atoms with Crippen LogP contribution in [0.5, 0.6) is 5.75 Å². The molecule has 3 nitrogen and oxygen atoms in total. The Labute approximate surface area is 114 Å². The molecule has 2 heterocycles. The summed E-state index contributed by atoms with van der Waals surface area (Å²) in [6.07, 6.45) is 4.36. The first-order valence-corrected chi connectivity index (χ1v) is 7.25. The fourth-order valence-corrected chi connectivity index (χ4v) is 3.43. The summed E-state index contributed by atoms with van der Waals surface area (Å²) in [5.41, 5.74) is 2.76. The van der Waals surface area contributed by atoms with E-state index in [1.165, 1.54) is 17.5 Å². The highest BCUT2D eigenvalue weighted by Crippen LogP contribution is 2.35. The average molecular weight is 259 g/mol. The Hall–Kier alpha value is -1.35. The fraction of sp³-hybridized carbons (Fsp3) is 0.562. The number of fused-ring (bicyclic) bond motifs is 1. The first-order chi connectivity index (χ1) is 9.31. The zero-order valence-electron chi connectivity index (χ0n) is 11.5. The van der Waals surface area contributed by atoms with E-state index in [0.29, 0.717) is 18.5 Å². The maximum atomic E-state index is 10.8. The Morgan fingerprint density at radius 3 is 3.16 bits per heavy atom. The lowest BCUT2D eigenvalue weighted by atomic mass is 9.94. The molecule has 102 valence electrons. The van der Waals surface area contributed by atoms with Crippen molar-refractivity contribution in [1.82, 2.24) is 4.90 Å². The minimum atomic E-state index is 0.555. The monoisotopic (exact) mass is 259 g/mol. The van der Waals surface area contributed by atoms with Crippen LogP contribution >= 0.6 is 0 Å². The van der Waals surface area contributed by atoms with E-state index in [2.05, 4.69) is 30.0 Å². The van der Waals surface area contributed by atoms with Crippen LogP contribution in [0.1, 0.15) is 36.8 Å². The molecule has 2 unspecified atom stereocenters. The van der Waals surface area contributed by atoms with Gasteiger partial charge in [-0.2, -0.15) is 0 Å². The van der Waals surface area contributed by atoms with E-state index in [1.54, 1.807) is 0 Å². The molecular weight excluding hydrogens is 238 g/mol. The fourth-order valence-electron chi connectivity index (χ4n) is 3.43. The third-order valence-electron chi connectivity index (χ3n) is 4.49. The molecule has 2 atom stereocenters. The van der Waals surface area contributed by atoms with Crippen molar-refractivity contribution in [2.24, 2.45) is 0 Å². The van der Waals surface area contributed by atoms with Crippen molar-refractivity contribution in [3.05, 3.63) is 29.3 Å². The Balaban J connectivity index is 1.78. The van der Waals surface area contributed by atoms with Crippen LogP contribution in [0.3, 0.4) is 0 Å². The lowest BCUT2D eigenvalue weighted by Crippen LogP contribution is -2.30. The molecule has 3 heteroatoms. The van der Waals surface area contributed by atoms with Crippen molar-refractivity contribution in [3.8, 4) is 5.75 Å². The van der Waals surface area contributed by atoms with Crippen molar-refractivity contribution in [1.29, 1.82) is 0 Å². The van der Waals surface area contributed by atoms with Crippen molar-refractivity contribution >= 4 is 6.29 Å². The summed E-state index contributed by atoms with van der Waals surface area (Å²) in [4.78, 5) is 13.1. The Morgan fingerprint density at radius 2 is 2.37 bits per heavy atom. The normalized spacial score (nSPS) is 26.2. The first kappa shape index (κ1) is 12.7. The van der Waals surface area contributed by atoms with Gasteiger partial charge in [-0.05, 0) is 36.0 Å². The molecule has 0 radical (unpaired) electrons. The Bertz CT molecular complexity index is 472. The molecule has 2 aliphatic heterocycles. The highest BCUT2D eigenvalue weighted by Gasteiger charge is 2.31. The van der Waals surface area contributed by atoms with Crippen LogP contribution < -0.4 is 4.74 Å². The average Bonchev–Trinajstić information content (AvgIpc) is 3.04. The van der Waals surface area contributed by atoms with Crippen LogP contribution in [-0.4, -0.2) is 36.9 Å². The largest absolute Gasteiger partial charge is 0.493 e. The number of hydrogen-bond acceptors (Lipinski definition) is 3. The summed E-state index contributed by atoms with van der Waals surface area (Å²) in [6, 6.07) is 7.18. The highest BCUT2D eigenvalue weighted by molar-refractivity contribution is 5.52. The van der Waals surface area contributed by atoms with E-state index < -0.39 is 0 Å². The first-order valence-electron chi connectivity index (χ1n) is 7.25. The number of likely N-dealkylation sites (tertiary alicyclic amines) is 1. The maximum absolute atomic E-state index is 10.8. The van der Waals surface area contributed by atoms with Gasteiger partial charge < -0.3 is 9.53 Å². The van der Waals surface area contributed by atoms with Gasteiger partial charge in [-0.15, -0.1) is 0 Å². The van der Waals surface area contributed by atoms with E-state index in [4.69, 9.17) is 4.74 Å². The lowest BCUT2D eigenvalue weighted by molar-refractivity contribution is -0.109. The minimum absolute atomic E-state index is 0.555. The second kappa shape index (κ2) is 5.33. The van der Waals surface area contributed by atoms with Crippen LogP contribution in [0.25, 0.3) is 0 Å². The van der Waals surface area contributed by atoms with Gasteiger partial charge in [0.25, 0.3) is 0 Å². The van der Waals surface area contributed by atoms with Gasteiger partial charge in [0.2, 0.25) is 0 Å². The minimum Gasteiger partial charge on any atom is -0.493 e. The predicted octanol–water partition coefficient (Wildman–Crippen LogP) is 2.39. The molecule has 0 aliphatic carbocycles. The maximum Gasteiger partial charge on any atom is 0.133 e. The van der Waals surface area contributed by atoms with Gasteiger partial charge in [-0.1, -0.05) is 19.1 Å². The number of nitrogens with zero attached hydrogens (tertiary/aromatic N) is 1. The van der Waals surface area contributed by atoms with Gasteiger partial charge in [0.1, 0.15) is 12.0 Å². The molecule has 1 aromatic carbocycles. The molecular formula is C16H21NO2. The van der Waals surface area contributed by atoms with Gasteiger partial charge in [0.15, 0.2) is 0 Å². The third kappa shape index (κ3) is 2.39. The number of aldehydes is 1. The molecule has 3 rings (SSSR count). The zero-order chi connectivity index (χ0) is 13.2. The van der Waals surface area contributed by atoms with Crippen LogP contribution in [-0.2, 0) is 11.2 Å². The summed E-state index contributed by atoms with van der Waals surface area (Å²) >= 11 is 0. The SMILES string of the molecule is CCC1CC(c2ccc3c(c2)CCO3)CN1CC=O. The lowest BCUT2D eigenvalue weighted by Gasteiger charge is -2.19. The van der Waals surface area contributed by atoms with Gasteiger partial charge >= 0.3 is 0 Å². The quantitative estimate of drug-likeness (QED) is 0.778. The van der Waals surface area contributed by atoms with Crippen molar-refractivity contribution in [2.75, 3.05) is 19.7 Å². The summed E-state index contributed by atoms with van der Waals surface area (Å²) in [6.45, 7) is 4.61. The number of carbonyl (C=O) groups is 1. The molecule has 0 saturated carbocycles. The van der Waals surface area contributed by atoms with Gasteiger partial charge in [0, 0.05) is 19.0 Å². The topological polar surface area (TPSA) is 29.5 Å². The molecule has 1 aromatic rings. The number of ether oxygens (including phenoxy) is 1. The van der Waals surface area contributed by atoms with E-state index >= 15 is 0 Å². The van der Waals surface area contributed by atoms with Crippen LogP contribution in [0, 0.1) is 0 Å². The smallest absolute Gasteiger partial charge is 0.133 e. The van der Waals surface area contributed by atoms with E-state index in [9.17, 15) is 4.79 Å². The molecule has 0 bridgehead atoms. The highest BCUT2D eigenvalue weighted by atomic mass is 16.5. The molecule has 1 saturated heterocycles. The van der Waals surface area contributed by atoms with Gasteiger partial charge in [-0.3, -0.25) is 4.90 Å². The zero-order valence-corrected chi connectivity index (χ0v) is 11.5. The van der Waals surface area contributed by atoms with Gasteiger partial charge in [-0.25, -0.2) is 0 Å². The van der Waals surface area contributed by atoms with Crippen molar-refractivity contribution < 1.29 is 9.53 Å². The summed E-state index contributed by atoms with van der Waals surface area (Å²) in [5.74, 6) is 1.62. The Morgan fingerprint density at radius 1 is 1.47 bits per heavy atom. The van der Waals surface area contributed by atoms with Crippen molar-refractivity contribution in [2.45, 2.75) is 38.1 Å². The van der Waals surface area contributed by atoms with Crippen molar-refractivity contribution in [3.63, 3.8) is 0 Å². The van der Waals surface area contributed by atoms with E-state index in [-0.39, 0.29) is 0 Å². The van der Waals surface area contributed by atoms with Crippen LogP contribution in [0.4, 0.5) is 0 Å². The Kier molecular flexibility index (Phi) is 3.56. The standard InChI is InChI=1S/C16H21NO2/c1-2-15-10-14(11-17(15)6-7-18)12-3-4-16-13(9-12)5-8-19-16/h3-4,7,9,14-15H,2,5-6,8,10-11H2,1H3. The number of hydrogen-bond donors (Lipinski definition) is 0. The summed E-state index contributed by atoms with van der Waals surface area (Å²) in [5, 5.41) is 0. The molecule has 19 heavy (non-hydrogen) atoms. The molecule has 0 amide bonds. The predicted molar refractivity (Wildman–Crippen MR) is 74.7 cm³/mol. The van der Waals surface area contributed by atoms with Gasteiger partial charge in [0.05, 0.1) is 13.2 Å². The van der Waals surface area contributed by atoms with Crippen LogP contribution in [0.2, 0.25) is 0 Å². The molecule has 1 fully saturated rings. The number of carbonyl (C=O) groups excluding carboxylic acids is 1. The molecule has 0 spiro atoms. The third-order valence-corrected chi connectivity index (χ3v) is 4.49. The summed E-state index contributed by atoms with van der Waals surface area (Å²) in [7, 11) is 0. The summed E-state index contributed by atoms with van der Waals surface area (Å²) < 4.78 is 5.56. The number of rotatable bonds is 4. The van der Waals surface area contributed by atoms with Crippen LogP contribution in [0.15, 0.2) is 18.2 Å². The van der Waals surface area contributed by atoms with E-state index in [0.717, 1.165) is 38.0 Å². The molecule has 0 aromatic heterocycles. The second-order valence-corrected chi connectivity index (χ2v) is 5.58. The number of benzene rings is 1. The molecule has 2 aliphatic rings. The second-order valence-electron chi connectivity index (χ2n) is 5.58.